The summed E-state index contributed by atoms with van der Waals surface area (Å²) >= 11 is 0. The van der Waals surface area contributed by atoms with Gasteiger partial charge in [0.1, 0.15) is 0 Å². The van der Waals surface area contributed by atoms with Crippen molar-refractivity contribution in [1.82, 2.24) is 15.5 Å². The van der Waals surface area contributed by atoms with Crippen LogP contribution in [0.3, 0.4) is 0 Å². The topological polar surface area (TPSA) is 81.7 Å². The van der Waals surface area contributed by atoms with Crippen LogP contribution in [0.4, 0.5) is 4.79 Å². The second-order valence-corrected chi connectivity index (χ2v) is 4.31. The van der Waals surface area contributed by atoms with E-state index < -0.39 is 11.9 Å². The fourth-order valence-electron chi connectivity index (χ4n) is 1.94. The van der Waals surface area contributed by atoms with Gasteiger partial charge in [0.15, 0.2) is 0 Å². The van der Waals surface area contributed by atoms with Crippen molar-refractivity contribution in [3.8, 4) is 0 Å². The van der Waals surface area contributed by atoms with E-state index in [-0.39, 0.29) is 6.03 Å². The van der Waals surface area contributed by atoms with Gasteiger partial charge in [-0.05, 0) is 32.9 Å². The molecule has 1 aliphatic heterocycles. The third kappa shape index (κ3) is 4.60. The zero-order chi connectivity index (χ0) is 12.7. The highest BCUT2D eigenvalue weighted by atomic mass is 16.4. The highest BCUT2D eigenvalue weighted by Crippen LogP contribution is 2.16. The quantitative estimate of drug-likeness (QED) is 0.598. The first-order valence-electron chi connectivity index (χ1n) is 6.05. The summed E-state index contributed by atoms with van der Waals surface area (Å²) in [5.74, 6) is -1.22. The Morgan fingerprint density at radius 1 is 1.41 bits per heavy atom. The molecule has 0 aliphatic carbocycles. The average molecular weight is 243 g/mol. The molecule has 17 heavy (non-hydrogen) atoms. The minimum atomic E-state index is -0.808. The Kier molecular flexibility index (Phi) is 5.76. The molecule has 1 rings (SSSR count). The summed E-state index contributed by atoms with van der Waals surface area (Å²) in [5, 5.41) is 14.7. The van der Waals surface area contributed by atoms with E-state index in [2.05, 4.69) is 10.6 Å². The number of carbonyl (C=O) groups is 2. The molecule has 6 nitrogen and oxygen atoms in total. The van der Waals surface area contributed by atoms with Crippen molar-refractivity contribution in [2.45, 2.75) is 19.3 Å². The number of carboxylic acids is 1. The van der Waals surface area contributed by atoms with Crippen molar-refractivity contribution in [2.75, 3.05) is 33.2 Å². The lowest BCUT2D eigenvalue weighted by Gasteiger charge is -2.30. The molecule has 1 fully saturated rings. The molecule has 0 aromatic heterocycles. The number of urea groups is 1. The van der Waals surface area contributed by atoms with Crippen LogP contribution in [-0.2, 0) is 4.79 Å². The summed E-state index contributed by atoms with van der Waals surface area (Å²) in [4.78, 5) is 24.2. The first-order valence-corrected chi connectivity index (χ1v) is 6.05. The van der Waals surface area contributed by atoms with Crippen LogP contribution in [0.1, 0.15) is 19.3 Å². The molecule has 3 N–H and O–H groups in total. The number of nitrogens with zero attached hydrogens (tertiary/aromatic N) is 1. The highest BCUT2D eigenvalue weighted by molar-refractivity contribution is 5.76. The van der Waals surface area contributed by atoms with E-state index in [9.17, 15) is 9.59 Å². The molecule has 0 spiro atoms. The molecule has 1 aliphatic rings. The van der Waals surface area contributed by atoms with Crippen LogP contribution >= 0.6 is 0 Å². The summed E-state index contributed by atoms with van der Waals surface area (Å²) < 4.78 is 0. The lowest BCUT2D eigenvalue weighted by Crippen LogP contribution is -2.47. The van der Waals surface area contributed by atoms with Crippen LogP contribution in [0.15, 0.2) is 0 Å². The van der Waals surface area contributed by atoms with Gasteiger partial charge in [0.25, 0.3) is 0 Å². The third-order valence-electron chi connectivity index (χ3n) is 2.94. The summed E-state index contributed by atoms with van der Waals surface area (Å²) in [6, 6.07) is -0.146. The van der Waals surface area contributed by atoms with Gasteiger partial charge in [-0.2, -0.15) is 0 Å². The summed E-state index contributed by atoms with van der Waals surface area (Å²) in [6.07, 6.45) is 2.30. The predicted molar refractivity (Wildman–Crippen MR) is 63.9 cm³/mol. The minimum absolute atomic E-state index is 0.146. The number of hydrogen-bond donors (Lipinski definition) is 3. The van der Waals surface area contributed by atoms with Gasteiger partial charge < -0.3 is 20.6 Å². The van der Waals surface area contributed by atoms with E-state index in [1.807, 2.05) is 7.05 Å². The lowest BCUT2D eigenvalue weighted by molar-refractivity contribution is -0.143. The molecule has 0 radical (unpaired) electrons. The molecule has 1 saturated heterocycles. The minimum Gasteiger partial charge on any atom is -0.481 e. The Balaban J connectivity index is 2.28. The van der Waals surface area contributed by atoms with E-state index in [1.165, 1.54) is 0 Å². The molecular formula is C11H21N3O3. The number of aliphatic carboxylic acids is 1. The van der Waals surface area contributed by atoms with Crippen LogP contribution in [0.5, 0.6) is 0 Å². The van der Waals surface area contributed by atoms with Crippen LogP contribution < -0.4 is 10.6 Å². The Hall–Kier alpha value is -1.30. The molecule has 0 bridgehead atoms. The van der Waals surface area contributed by atoms with Gasteiger partial charge in [0.05, 0.1) is 5.92 Å². The van der Waals surface area contributed by atoms with Gasteiger partial charge in [-0.15, -0.1) is 0 Å². The number of piperidine rings is 1. The third-order valence-corrected chi connectivity index (χ3v) is 2.94. The van der Waals surface area contributed by atoms with Crippen LogP contribution in [-0.4, -0.2) is 55.2 Å². The maximum atomic E-state index is 11.7. The Morgan fingerprint density at radius 2 is 2.18 bits per heavy atom. The SMILES string of the molecule is CNCCCNC(=O)N1CCC[C@@H](C(=O)O)C1. The summed E-state index contributed by atoms with van der Waals surface area (Å²) in [6.45, 7) is 2.46. The van der Waals surface area contributed by atoms with Gasteiger partial charge in [-0.3, -0.25) is 4.79 Å². The lowest BCUT2D eigenvalue weighted by atomic mass is 9.99. The predicted octanol–water partition coefficient (Wildman–Crippen LogP) is 0.102. The average Bonchev–Trinajstić information content (AvgIpc) is 2.34. The van der Waals surface area contributed by atoms with Crippen LogP contribution in [0.25, 0.3) is 0 Å². The second kappa shape index (κ2) is 7.11. The largest absolute Gasteiger partial charge is 0.481 e. The van der Waals surface area contributed by atoms with E-state index >= 15 is 0 Å². The van der Waals surface area contributed by atoms with Crippen molar-refractivity contribution >= 4 is 12.0 Å². The first-order chi connectivity index (χ1) is 8.15. The molecule has 2 amide bonds. The van der Waals surface area contributed by atoms with Crippen LogP contribution in [0.2, 0.25) is 0 Å². The number of carbonyl (C=O) groups excluding carboxylic acids is 1. The monoisotopic (exact) mass is 243 g/mol. The van der Waals surface area contributed by atoms with Gasteiger partial charge in [0.2, 0.25) is 0 Å². The smallest absolute Gasteiger partial charge is 0.317 e. The zero-order valence-corrected chi connectivity index (χ0v) is 10.2. The normalized spacial score (nSPS) is 20.1. The van der Waals surface area contributed by atoms with E-state index in [0.29, 0.717) is 26.1 Å². The van der Waals surface area contributed by atoms with E-state index in [4.69, 9.17) is 5.11 Å². The van der Waals surface area contributed by atoms with Crippen molar-refractivity contribution in [1.29, 1.82) is 0 Å². The Bertz CT molecular complexity index is 271. The molecule has 0 unspecified atom stereocenters. The standard InChI is InChI=1S/C11H21N3O3/c1-12-5-3-6-13-11(17)14-7-2-4-9(8-14)10(15)16/h9,12H,2-8H2,1H3,(H,13,17)(H,15,16)/t9-/m1/s1. The van der Waals surface area contributed by atoms with Crippen molar-refractivity contribution in [3.05, 3.63) is 0 Å². The van der Waals surface area contributed by atoms with Crippen LogP contribution in [0, 0.1) is 5.92 Å². The number of nitrogens with one attached hydrogen (secondary N) is 2. The van der Waals surface area contributed by atoms with Gasteiger partial charge in [-0.1, -0.05) is 0 Å². The van der Waals surface area contributed by atoms with Gasteiger partial charge >= 0.3 is 12.0 Å². The summed E-state index contributed by atoms with van der Waals surface area (Å²) in [7, 11) is 1.86. The van der Waals surface area contributed by atoms with Crippen molar-refractivity contribution in [2.24, 2.45) is 5.92 Å². The highest BCUT2D eigenvalue weighted by Gasteiger charge is 2.27. The fourth-order valence-corrected chi connectivity index (χ4v) is 1.94. The van der Waals surface area contributed by atoms with E-state index in [0.717, 1.165) is 19.4 Å². The maximum absolute atomic E-state index is 11.7. The van der Waals surface area contributed by atoms with Gasteiger partial charge in [-0.25, -0.2) is 4.79 Å². The molecule has 6 heteroatoms. The Labute approximate surface area is 101 Å². The molecule has 0 saturated carbocycles. The molecule has 0 aromatic carbocycles. The summed E-state index contributed by atoms with van der Waals surface area (Å²) in [5.41, 5.74) is 0. The zero-order valence-electron chi connectivity index (χ0n) is 10.2. The number of amides is 2. The molecule has 1 heterocycles. The number of hydrogen-bond acceptors (Lipinski definition) is 3. The Morgan fingerprint density at radius 3 is 2.82 bits per heavy atom. The molecule has 0 aromatic rings. The fraction of sp³-hybridized carbons (Fsp3) is 0.818. The molecule has 98 valence electrons. The first kappa shape index (κ1) is 13.8. The number of rotatable bonds is 5. The second-order valence-electron chi connectivity index (χ2n) is 4.31. The number of carboxylic acid groups (broad SMARTS) is 1. The molecular weight excluding hydrogens is 222 g/mol. The van der Waals surface area contributed by atoms with E-state index in [1.54, 1.807) is 4.90 Å². The number of likely N-dealkylation sites (tertiary alicyclic amines) is 1. The maximum Gasteiger partial charge on any atom is 0.317 e. The van der Waals surface area contributed by atoms with Crippen molar-refractivity contribution < 1.29 is 14.7 Å². The molecule has 1 atom stereocenters. The van der Waals surface area contributed by atoms with Gasteiger partial charge in [0, 0.05) is 19.6 Å². The van der Waals surface area contributed by atoms with Crippen molar-refractivity contribution in [3.63, 3.8) is 0 Å².